The molecule has 0 saturated carbocycles. The van der Waals surface area contributed by atoms with Gasteiger partial charge in [-0.2, -0.15) is 9.97 Å². The van der Waals surface area contributed by atoms with Crippen LogP contribution < -0.4 is 11.5 Å². The van der Waals surface area contributed by atoms with Gasteiger partial charge in [0.15, 0.2) is 0 Å². The quantitative estimate of drug-likeness (QED) is 0.774. The Hall–Kier alpha value is -2.27. The van der Waals surface area contributed by atoms with Gasteiger partial charge >= 0.3 is 0 Å². The Bertz CT molecular complexity index is 799. The Balaban J connectivity index is 1.97. The first-order chi connectivity index (χ1) is 10.1. The van der Waals surface area contributed by atoms with E-state index in [1.165, 1.54) is 0 Å². The number of fused-ring (bicyclic) bond motifs is 1. The summed E-state index contributed by atoms with van der Waals surface area (Å²) in [7, 11) is 0. The third-order valence-electron chi connectivity index (χ3n) is 3.52. The van der Waals surface area contributed by atoms with Crippen molar-refractivity contribution in [1.82, 2.24) is 9.97 Å². The first kappa shape index (κ1) is 13.7. The lowest BCUT2D eigenvalue weighted by atomic mass is 9.94. The highest BCUT2D eigenvalue weighted by Gasteiger charge is 2.17. The molecule has 6 heteroatoms. The maximum Gasteiger partial charge on any atom is 0.233 e. The maximum atomic E-state index is 6.24. The summed E-state index contributed by atoms with van der Waals surface area (Å²) in [6.45, 7) is 2.11. The highest BCUT2D eigenvalue weighted by molar-refractivity contribution is 6.31. The fourth-order valence-corrected chi connectivity index (χ4v) is 2.83. The summed E-state index contributed by atoms with van der Waals surface area (Å²) in [5.74, 6) is 0.670. The van der Waals surface area contributed by atoms with E-state index in [1.54, 1.807) is 6.26 Å². The summed E-state index contributed by atoms with van der Waals surface area (Å²) in [5.41, 5.74) is 14.0. The monoisotopic (exact) mass is 302 g/mol. The number of rotatable bonds is 3. The van der Waals surface area contributed by atoms with Crippen LogP contribution in [0.3, 0.4) is 0 Å². The van der Waals surface area contributed by atoms with Crippen LogP contribution in [0, 0.1) is 0 Å². The molecule has 21 heavy (non-hydrogen) atoms. The summed E-state index contributed by atoms with van der Waals surface area (Å²) in [4.78, 5) is 8.04. The molecular formula is C15H15ClN4O. The zero-order valence-electron chi connectivity index (χ0n) is 11.5. The molecule has 0 aliphatic rings. The summed E-state index contributed by atoms with van der Waals surface area (Å²) >= 11 is 6.24. The van der Waals surface area contributed by atoms with E-state index in [4.69, 9.17) is 27.5 Å². The van der Waals surface area contributed by atoms with Crippen LogP contribution in [-0.4, -0.2) is 9.97 Å². The van der Waals surface area contributed by atoms with Gasteiger partial charge in [0.25, 0.3) is 0 Å². The lowest BCUT2D eigenvalue weighted by Crippen LogP contribution is -2.02. The largest absolute Gasteiger partial charge is 0.446 e. The first-order valence-electron chi connectivity index (χ1n) is 6.59. The number of nitrogen functional groups attached to an aromatic ring is 2. The van der Waals surface area contributed by atoms with Gasteiger partial charge < -0.3 is 15.9 Å². The molecular weight excluding hydrogens is 288 g/mol. The van der Waals surface area contributed by atoms with Crippen LogP contribution >= 0.6 is 11.6 Å². The second-order valence-electron chi connectivity index (χ2n) is 5.03. The van der Waals surface area contributed by atoms with Crippen molar-refractivity contribution < 1.29 is 4.42 Å². The molecule has 0 fully saturated rings. The topological polar surface area (TPSA) is 91.0 Å². The third-order valence-corrected chi connectivity index (χ3v) is 3.86. The van der Waals surface area contributed by atoms with E-state index >= 15 is 0 Å². The molecule has 0 radical (unpaired) electrons. The zero-order chi connectivity index (χ0) is 15.0. The van der Waals surface area contributed by atoms with Gasteiger partial charge in [0.1, 0.15) is 5.82 Å². The number of hydrogen-bond acceptors (Lipinski definition) is 5. The SMILES string of the molecule is CC(Cc1coc2nc(N)nc(N)c12)c1ccccc1Cl. The molecule has 3 rings (SSSR count). The summed E-state index contributed by atoms with van der Waals surface area (Å²) in [6, 6.07) is 7.80. The Labute approximate surface area is 126 Å². The maximum absolute atomic E-state index is 6.24. The van der Waals surface area contributed by atoms with Crippen LogP contribution in [0.2, 0.25) is 5.02 Å². The van der Waals surface area contributed by atoms with Gasteiger partial charge in [-0.05, 0) is 24.0 Å². The normalized spacial score (nSPS) is 12.7. The van der Waals surface area contributed by atoms with Gasteiger partial charge in [-0.1, -0.05) is 36.7 Å². The lowest BCUT2D eigenvalue weighted by Gasteiger charge is -2.12. The number of nitrogens with zero attached hydrogens (tertiary/aromatic N) is 2. The van der Waals surface area contributed by atoms with E-state index in [1.807, 2.05) is 24.3 Å². The molecule has 0 amide bonds. The van der Waals surface area contributed by atoms with Gasteiger partial charge in [-0.3, -0.25) is 0 Å². The van der Waals surface area contributed by atoms with Gasteiger partial charge in [0.2, 0.25) is 11.7 Å². The number of furan rings is 1. The molecule has 2 heterocycles. The van der Waals surface area contributed by atoms with Gasteiger partial charge in [0, 0.05) is 10.6 Å². The van der Waals surface area contributed by atoms with E-state index < -0.39 is 0 Å². The number of halogens is 1. The zero-order valence-corrected chi connectivity index (χ0v) is 12.3. The van der Waals surface area contributed by atoms with E-state index in [-0.39, 0.29) is 11.9 Å². The first-order valence-corrected chi connectivity index (χ1v) is 6.97. The van der Waals surface area contributed by atoms with Crippen molar-refractivity contribution in [3.05, 3.63) is 46.7 Å². The van der Waals surface area contributed by atoms with E-state index in [0.29, 0.717) is 11.5 Å². The standard InChI is InChI=1S/C15H15ClN4O/c1-8(10-4-2-3-5-11(10)16)6-9-7-21-14-12(9)13(17)19-15(18)20-14/h2-5,7-8H,6H2,1H3,(H4,17,18,19,20). The third kappa shape index (κ3) is 2.52. The van der Waals surface area contributed by atoms with E-state index in [9.17, 15) is 0 Å². The molecule has 0 aliphatic carbocycles. The molecule has 0 bridgehead atoms. The number of aromatic nitrogens is 2. The Morgan fingerprint density at radius 3 is 2.76 bits per heavy atom. The van der Waals surface area contributed by atoms with Crippen molar-refractivity contribution >= 4 is 34.5 Å². The summed E-state index contributed by atoms with van der Waals surface area (Å²) in [5, 5.41) is 1.48. The molecule has 2 aromatic heterocycles. The van der Waals surface area contributed by atoms with Crippen molar-refractivity contribution in [3.63, 3.8) is 0 Å². The molecule has 1 aromatic carbocycles. The van der Waals surface area contributed by atoms with Gasteiger partial charge in [-0.25, -0.2) is 0 Å². The highest BCUT2D eigenvalue weighted by atomic mass is 35.5. The molecule has 1 atom stereocenters. The smallest absolute Gasteiger partial charge is 0.233 e. The van der Waals surface area contributed by atoms with Crippen molar-refractivity contribution in [1.29, 1.82) is 0 Å². The molecule has 5 nitrogen and oxygen atoms in total. The number of hydrogen-bond donors (Lipinski definition) is 2. The average Bonchev–Trinajstić information content (AvgIpc) is 2.82. The van der Waals surface area contributed by atoms with Crippen LogP contribution in [0.1, 0.15) is 24.0 Å². The van der Waals surface area contributed by atoms with Crippen LogP contribution in [0.25, 0.3) is 11.1 Å². The van der Waals surface area contributed by atoms with Crippen LogP contribution in [0.15, 0.2) is 34.9 Å². The minimum atomic E-state index is 0.111. The second-order valence-corrected chi connectivity index (χ2v) is 5.44. The van der Waals surface area contributed by atoms with Crippen molar-refractivity contribution in [2.75, 3.05) is 11.5 Å². The van der Waals surface area contributed by atoms with Crippen molar-refractivity contribution in [3.8, 4) is 0 Å². The average molecular weight is 303 g/mol. The van der Waals surface area contributed by atoms with Crippen molar-refractivity contribution in [2.45, 2.75) is 19.3 Å². The number of benzene rings is 1. The van der Waals surface area contributed by atoms with Crippen molar-refractivity contribution in [2.24, 2.45) is 0 Å². The summed E-state index contributed by atoms with van der Waals surface area (Å²) < 4.78 is 5.43. The summed E-state index contributed by atoms with van der Waals surface area (Å²) in [6.07, 6.45) is 2.39. The lowest BCUT2D eigenvalue weighted by molar-refractivity contribution is 0.595. The molecule has 0 saturated heterocycles. The van der Waals surface area contributed by atoms with Gasteiger partial charge in [0.05, 0.1) is 11.6 Å². The van der Waals surface area contributed by atoms with Crippen LogP contribution in [0.4, 0.5) is 11.8 Å². The Kier molecular flexibility index (Phi) is 3.43. The minimum absolute atomic E-state index is 0.111. The van der Waals surface area contributed by atoms with Crippen LogP contribution in [-0.2, 0) is 6.42 Å². The van der Waals surface area contributed by atoms with Gasteiger partial charge in [-0.15, -0.1) is 0 Å². The molecule has 0 aliphatic heterocycles. The second kappa shape index (κ2) is 5.26. The van der Waals surface area contributed by atoms with E-state index in [2.05, 4.69) is 16.9 Å². The van der Waals surface area contributed by atoms with Crippen LogP contribution in [0.5, 0.6) is 0 Å². The predicted molar refractivity (Wildman–Crippen MR) is 84.2 cm³/mol. The highest BCUT2D eigenvalue weighted by Crippen LogP contribution is 2.32. The minimum Gasteiger partial charge on any atom is -0.446 e. The Morgan fingerprint density at radius 1 is 1.24 bits per heavy atom. The molecule has 1 unspecified atom stereocenters. The Morgan fingerprint density at radius 2 is 2.00 bits per heavy atom. The fourth-order valence-electron chi connectivity index (χ4n) is 2.51. The van der Waals surface area contributed by atoms with E-state index in [0.717, 1.165) is 28.0 Å². The fraction of sp³-hybridized carbons (Fsp3) is 0.200. The molecule has 3 aromatic rings. The molecule has 4 N–H and O–H groups in total. The number of anilines is 2. The molecule has 108 valence electrons. The molecule has 0 spiro atoms. The number of nitrogens with two attached hydrogens (primary N) is 2. The predicted octanol–water partition coefficient (Wildman–Crippen LogP) is 3.39.